The smallest absolute Gasteiger partial charge is 0.233 e. The van der Waals surface area contributed by atoms with Crippen LogP contribution in [0.5, 0.6) is 0 Å². The van der Waals surface area contributed by atoms with E-state index in [1.807, 2.05) is 31.2 Å². The number of rotatable bonds is 2. The minimum absolute atomic E-state index is 0.0355. The summed E-state index contributed by atoms with van der Waals surface area (Å²) in [5, 5.41) is 0. The maximum absolute atomic E-state index is 12.3. The highest BCUT2D eigenvalue weighted by Gasteiger charge is 2.47. The normalized spacial score (nSPS) is 26.7. The van der Waals surface area contributed by atoms with E-state index in [0.717, 1.165) is 31.2 Å². The molecule has 0 aromatic heterocycles. The van der Waals surface area contributed by atoms with Crippen LogP contribution in [0.1, 0.15) is 36.8 Å². The van der Waals surface area contributed by atoms with E-state index in [4.69, 9.17) is 0 Å². The molecule has 1 saturated carbocycles. The summed E-state index contributed by atoms with van der Waals surface area (Å²) in [5.41, 5.74) is 2.22. The topological polar surface area (TPSA) is 37.4 Å². The molecule has 1 aliphatic heterocycles. The average molecular weight is 257 g/mol. The van der Waals surface area contributed by atoms with E-state index >= 15 is 0 Å². The highest BCUT2D eigenvalue weighted by molar-refractivity contribution is 6.05. The van der Waals surface area contributed by atoms with Crippen molar-refractivity contribution in [3.63, 3.8) is 0 Å². The number of fused-ring (bicyclic) bond motifs is 1. The number of amides is 2. The van der Waals surface area contributed by atoms with Gasteiger partial charge in [-0.25, -0.2) is 0 Å². The van der Waals surface area contributed by atoms with Gasteiger partial charge in [0.1, 0.15) is 0 Å². The third-order valence-electron chi connectivity index (χ3n) is 4.39. The molecule has 2 unspecified atom stereocenters. The Balaban J connectivity index is 1.79. The van der Waals surface area contributed by atoms with Crippen LogP contribution in [0.3, 0.4) is 0 Å². The average Bonchev–Trinajstić information content (AvgIpc) is 2.67. The van der Waals surface area contributed by atoms with E-state index in [-0.39, 0.29) is 23.7 Å². The van der Waals surface area contributed by atoms with Crippen molar-refractivity contribution < 1.29 is 9.59 Å². The summed E-state index contributed by atoms with van der Waals surface area (Å²) in [6.07, 6.45) is 3.94. The SMILES string of the molecule is Cc1ccc(CN2C(=O)C3CCCCC3C2=O)cc1. The monoisotopic (exact) mass is 257 g/mol. The molecule has 2 amide bonds. The number of hydrogen-bond donors (Lipinski definition) is 0. The number of likely N-dealkylation sites (tertiary alicyclic amines) is 1. The molecule has 1 aromatic rings. The quantitative estimate of drug-likeness (QED) is 0.764. The van der Waals surface area contributed by atoms with E-state index in [1.165, 1.54) is 10.5 Å². The fraction of sp³-hybridized carbons (Fsp3) is 0.500. The number of nitrogens with zero attached hydrogens (tertiary/aromatic N) is 1. The molecule has 0 spiro atoms. The minimum Gasteiger partial charge on any atom is -0.278 e. The van der Waals surface area contributed by atoms with Gasteiger partial charge in [-0.2, -0.15) is 0 Å². The van der Waals surface area contributed by atoms with Crippen molar-refractivity contribution in [2.45, 2.75) is 39.2 Å². The zero-order valence-corrected chi connectivity index (χ0v) is 11.3. The molecule has 0 bridgehead atoms. The summed E-state index contributed by atoms with van der Waals surface area (Å²) in [5.74, 6) is 0.0314. The van der Waals surface area contributed by atoms with Crippen LogP contribution >= 0.6 is 0 Å². The van der Waals surface area contributed by atoms with Gasteiger partial charge in [0.2, 0.25) is 11.8 Å². The van der Waals surface area contributed by atoms with Crippen molar-refractivity contribution in [2.24, 2.45) is 11.8 Å². The van der Waals surface area contributed by atoms with Crippen molar-refractivity contribution in [1.29, 1.82) is 0 Å². The van der Waals surface area contributed by atoms with Gasteiger partial charge in [-0.05, 0) is 25.3 Å². The molecule has 3 nitrogen and oxygen atoms in total. The number of benzene rings is 1. The second kappa shape index (κ2) is 4.80. The summed E-state index contributed by atoms with van der Waals surface area (Å²) in [6.45, 7) is 2.47. The number of imide groups is 1. The van der Waals surface area contributed by atoms with Crippen LogP contribution in [0.25, 0.3) is 0 Å². The molecule has 1 aromatic carbocycles. The van der Waals surface area contributed by atoms with Crippen LogP contribution in [0.4, 0.5) is 0 Å². The number of hydrogen-bond acceptors (Lipinski definition) is 2. The van der Waals surface area contributed by atoms with Crippen molar-refractivity contribution in [1.82, 2.24) is 4.90 Å². The molecule has 2 fully saturated rings. The Morgan fingerprint density at radius 1 is 1.00 bits per heavy atom. The second-order valence-electron chi connectivity index (χ2n) is 5.75. The summed E-state index contributed by atoms with van der Waals surface area (Å²) in [4.78, 5) is 26.1. The Bertz CT molecular complexity index is 482. The fourth-order valence-corrected chi connectivity index (χ4v) is 3.26. The molecule has 0 N–H and O–H groups in total. The van der Waals surface area contributed by atoms with Crippen LogP contribution < -0.4 is 0 Å². The zero-order chi connectivity index (χ0) is 13.4. The Morgan fingerprint density at radius 3 is 2.05 bits per heavy atom. The predicted molar refractivity (Wildman–Crippen MR) is 72.2 cm³/mol. The molecule has 1 heterocycles. The van der Waals surface area contributed by atoms with Gasteiger partial charge in [0.15, 0.2) is 0 Å². The zero-order valence-electron chi connectivity index (χ0n) is 11.3. The largest absolute Gasteiger partial charge is 0.278 e. The molecule has 2 atom stereocenters. The van der Waals surface area contributed by atoms with Gasteiger partial charge in [0, 0.05) is 0 Å². The third-order valence-corrected chi connectivity index (χ3v) is 4.39. The van der Waals surface area contributed by atoms with Gasteiger partial charge in [0.25, 0.3) is 0 Å². The molecule has 0 radical (unpaired) electrons. The third kappa shape index (κ3) is 2.18. The predicted octanol–water partition coefficient (Wildman–Crippen LogP) is 2.67. The minimum atomic E-state index is -0.0355. The molecular weight excluding hydrogens is 238 g/mol. The van der Waals surface area contributed by atoms with Crippen molar-refractivity contribution in [3.8, 4) is 0 Å². The van der Waals surface area contributed by atoms with E-state index in [1.54, 1.807) is 0 Å². The van der Waals surface area contributed by atoms with E-state index in [2.05, 4.69) is 0 Å². The molecular formula is C16H19NO2. The maximum atomic E-state index is 12.3. The first-order valence-corrected chi connectivity index (χ1v) is 7.07. The van der Waals surface area contributed by atoms with Gasteiger partial charge in [-0.3, -0.25) is 14.5 Å². The molecule has 1 saturated heterocycles. The molecule has 2 aliphatic rings. The molecule has 1 aliphatic carbocycles. The molecule has 19 heavy (non-hydrogen) atoms. The van der Waals surface area contributed by atoms with Gasteiger partial charge in [-0.15, -0.1) is 0 Å². The van der Waals surface area contributed by atoms with Gasteiger partial charge in [0.05, 0.1) is 18.4 Å². The summed E-state index contributed by atoms with van der Waals surface area (Å²) >= 11 is 0. The Kier molecular flexibility index (Phi) is 3.13. The molecule has 100 valence electrons. The van der Waals surface area contributed by atoms with Crippen LogP contribution in [0.15, 0.2) is 24.3 Å². The van der Waals surface area contributed by atoms with Crippen molar-refractivity contribution in [3.05, 3.63) is 35.4 Å². The maximum Gasteiger partial charge on any atom is 0.233 e. The summed E-state index contributed by atoms with van der Waals surface area (Å²) < 4.78 is 0. The van der Waals surface area contributed by atoms with Crippen LogP contribution in [0, 0.1) is 18.8 Å². The van der Waals surface area contributed by atoms with E-state index in [9.17, 15) is 9.59 Å². The van der Waals surface area contributed by atoms with Crippen molar-refractivity contribution in [2.75, 3.05) is 0 Å². The van der Waals surface area contributed by atoms with Gasteiger partial charge >= 0.3 is 0 Å². The number of carbonyl (C=O) groups is 2. The lowest BCUT2D eigenvalue weighted by Gasteiger charge is -2.19. The summed E-state index contributed by atoms with van der Waals surface area (Å²) in [7, 11) is 0. The Hall–Kier alpha value is -1.64. The highest BCUT2D eigenvalue weighted by Crippen LogP contribution is 2.38. The highest BCUT2D eigenvalue weighted by atomic mass is 16.2. The first kappa shape index (κ1) is 12.4. The molecule has 3 rings (SSSR count). The van der Waals surface area contributed by atoms with E-state index in [0.29, 0.717) is 6.54 Å². The first-order valence-electron chi connectivity index (χ1n) is 7.07. The van der Waals surface area contributed by atoms with Crippen LogP contribution in [-0.2, 0) is 16.1 Å². The van der Waals surface area contributed by atoms with Crippen molar-refractivity contribution >= 4 is 11.8 Å². The lowest BCUT2D eigenvalue weighted by Crippen LogP contribution is -2.30. The van der Waals surface area contributed by atoms with Crippen LogP contribution in [0.2, 0.25) is 0 Å². The lowest BCUT2D eigenvalue weighted by atomic mass is 9.81. The van der Waals surface area contributed by atoms with Gasteiger partial charge in [-0.1, -0.05) is 42.7 Å². The van der Waals surface area contributed by atoms with Gasteiger partial charge < -0.3 is 0 Å². The number of aryl methyl sites for hydroxylation is 1. The first-order chi connectivity index (χ1) is 9.16. The Morgan fingerprint density at radius 2 is 1.53 bits per heavy atom. The fourth-order valence-electron chi connectivity index (χ4n) is 3.26. The van der Waals surface area contributed by atoms with Crippen LogP contribution in [-0.4, -0.2) is 16.7 Å². The lowest BCUT2D eigenvalue weighted by molar-refractivity contribution is -0.140. The second-order valence-corrected chi connectivity index (χ2v) is 5.75. The Labute approximate surface area is 113 Å². The summed E-state index contributed by atoms with van der Waals surface area (Å²) in [6, 6.07) is 8.04. The van der Waals surface area contributed by atoms with E-state index < -0.39 is 0 Å². The molecule has 3 heteroatoms. The number of carbonyl (C=O) groups excluding carboxylic acids is 2. The standard InChI is InChI=1S/C16H19NO2/c1-11-6-8-12(9-7-11)10-17-15(18)13-4-2-3-5-14(13)16(17)19/h6-9,13-14H,2-5,10H2,1H3.